The summed E-state index contributed by atoms with van der Waals surface area (Å²) < 4.78 is 14.8. The van der Waals surface area contributed by atoms with E-state index in [0.717, 1.165) is 19.2 Å². The second-order valence-electron chi connectivity index (χ2n) is 4.52. The Labute approximate surface area is 113 Å². The number of hydrogen-bond donors (Lipinski definition) is 3. The van der Waals surface area contributed by atoms with E-state index in [-0.39, 0.29) is 17.4 Å². The summed E-state index contributed by atoms with van der Waals surface area (Å²) in [5.74, 6) is -1.74. The minimum absolute atomic E-state index is 0.158. The van der Waals surface area contributed by atoms with Crippen molar-refractivity contribution in [1.82, 2.24) is 20.3 Å². The summed E-state index contributed by atoms with van der Waals surface area (Å²) in [5, 5.41) is 22.3. The number of carbonyl (C=O) groups excluding carboxylic acids is 1. The Morgan fingerprint density at radius 3 is 2.95 bits per heavy atom. The number of amides is 1. The molecule has 20 heavy (non-hydrogen) atoms. The molecule has 1 aliphatic rings. The second-order valence-corrected chi connectivity index (χ2v) is 4.52. The van der Waals surface area contributed by atoms with E-state index in [9.17, 15) is 9.18 Å². The molecule has 0 unspecified atom stereocenters. The topological polar surface area (TPSA) is 92.1 Å². The van der Waals surface area contributed by atoms with E-state index in [2.05, 4.69) is 20.9 Å². The van der Waals surface area contributed by atoms with Gasteiger partial charge in [0, 0.05) is 24.8 Å². The molecular formula is C12H12FN5O2. The van der Waals surface area contributed by atoms with E-state index in [4.69, 9.17) is 5.11 Å². The summed E-state index contributed by atoms with van der Waals surface area (Å²) in [5.41, 5.74) is 0.399. The zero-order chi connectivity index (χ0) is 14.1. The molecule has 0 radical (unpaired) electrons. The average Bonchev–Trinajstić information content (AvgIpc) is 2.81. The predicted molar refractivity (Wildman–Crippen MR) is 67.9 cm³/mol. The fourth-order valence-electron chi connectivity index (χ4n) is 1.80. The van der Waals surface area contributed by atoms with Crippen molar-refractivity contribution in [3.63, 3.8) is 0 Å². The zero-order valence-corrected chi connectivity index (χ0v) is 10.4. The quantitative estimate of drug-likeness (QED) is 0.711. The molecule has 1 aliphatic heterocycles. The number of aromatic hydroxyl groups is 1. The van der Waals surface area contributed by atoms with Gasteiger partial charge >= 0.3 is 0 Å². The van der Waals surface area contributed by atoms with Crippen LogP contribution in [-0.4, -0.2) is 39.1 Å². The summed E-state index contributed by atoms with van der Waals surface area (Å²) in [6.45, 7) is 1.60. The molecular weight excluding hydrogens is 265 g/mol. The standard InChI is InChI=1S/C12H12FN5O2/c13-9-3-7(1-2-11(9)19)15-12(20)10-6-18(17-16-10)8-4-14-5-8/h1-3,6,8,14,19H,4-5H2,(H,15,20). The van der Waals surface area contributed by atoms with Crippen LogP contribution in [0, 0.1) is 5.82 Å². The van der Waals surface area contributed by atoms with Gasteiger partial charge in [-0.1, -0.05) is 5.21 Å². The van der Waals surface area contributed by atoms with Gasteiger partial charge < -0.3 is 15.7 Å². The lowest BCUT2D eigenvalue weighted by molar-refractivity contribution is 0.102. The Balaban J connectivity index is 1.71. The summed E-state index contributed by atoms with van der Waals surface area (Å²) in [7, 11) is 0. The summed E-state index contributed by atoms with van der Waals surface area (Å²) in [6, 6.07) is 3.82. The number of hydrogen-bond acceptors (Lipinski definition) is 5. The largest absolute Gasteiger partial charge is 0.505 e. The Kier molecular flexibility index (Phi) is 3.07. The van der Waals surface area contributed by atoms with Gasteiger partial charge in [-0.15, -0.1) is 5.10 Å². The monoisotopic (exact) mass is 277 g/mol. The maximum Gasteiger partial charge on any atom is 0.277 e. The number of nitrogens with one attached hydrogen (secondary N) is 2. The van der Waals surface area contributed by atoms with Crippen molar-refractivity contribution < 1.29 is 14.3 Å². The van der Waals surface area contributed by atoms with Crippen LogP contribution in [0.1, 0.15) is 16.5 Å². The van der Waals surface area contributed by atoms with Crippen LogP contribution in [0.3, 0.4) is 0 Å². The van der Waals surface area contributed by atoms with Gasteiger partial charge in [-0.25, -0.2) is 9.07 Å². The molecule has 7 nitrogen and oxygen atoms in total. The normalized spacial score (nSPS) is 14.8. The molecule has 1 fully saturated rings. The van der Waals surface area contributed by atoms with Gasteiger partial charge in [0.2, 0.25) is 0 Å². The highest BCUT2D eigenvalue weighted by Gasteiger charge is 2.21. The third-order valence-corrected chi connectivity index (χ3v) is 3.08. The van der Waals surface area contributed by atoms with Crippen LogP contribution in [0.4, 0.5) is 10.1 Å². The second kappa shape index (κ2) is 4.89. The van der Waals surface area contributed by atoms with E-state index in [0.29, 0.717) is 0 Å². The van der Waals surface area contributed by atoms with E-state index < -0.39 is 17.5 Å². The smallest absolute Gasteiger partial charge is 0.277 e. The molecule has 8 heteroatoms. The number of carbonyl (C=O) groups is 1. The molecule has 104 valence electrons. The van der Waals surface area contributed by atoms with Crippen molar-refractivity contribution >= 4 is 11.6 Å². The fourth-order valence-corrected chi connectivity index (χ4v) is 1.80. The van der Waals surface area contributed by atoms with Crippen molar-refractivity contribution in [1.29, 1.82) is 0 Å². The molecule has 1 saturated heterocycles. The summed E-state index contributed by atoms with van der Waals surface area (Å²) >= 11 is 0. The van der Waals surface area contributed by atoms with Crippen LogP contribution in [-0.2, 0) is 0 Å². The molecule has 1 aromatic heterocycles. The van der Waals surface area contributed by atoms with Crippen molar-refractivity contribution in [3.05, 3.63) is 35.9 Å². The number of benzene rings is 1. The highest BCUT2D eigenvalue weighted by atomic mass is 19.1. The number of phenolic OH excluding ortho intramolecular Hbond substituents is 1. The number of aromatic nitrogens is 3. The molecule has 2 heterocycles. The first-order valence-electron chi connectivity index (χ1n) is 6.06. The first-order valence-corrected chi connectivity index (χ1v) is 6.06. The molecule has 3 N–H and O–H groups in total. The number of anilines is 1. The Hall–Kier alpha value is -2.48. The minimum Gasteiger partial charge on any atom is -0.505 e. The van der Waals surface area contributed by atoms with E-state index in [1.165, 1.54) is 12.1 Å². The lowest BCUT2D eigenvalue weighted by Crippen LogP contribution is -2.43. The molecule has 1 aromatic carbocycles. The minimum atomic E-state index is -0.799. The van der Waals surface area contributed by atoms with Crippen molar-refractivity contribution in [2.24, 2.45) is 0 Å². The first kappa shape index (κ1) is 12.5. The molecule has 2 aromatic rings. The highest BCUT2D eigenvalue weighted by molar-refractivity contribution is 6.02. The SMILES string of the molecule is O=C(Nc1ccc(O)c(F)c1)c1cn(C2CNC2)nn1. The third-order valence-electron chi connectivity index (χ3n) is 3.08. The number of nitrogens with zero attached hydrogens (tertiary/aromatic N) is 3. The van der Waals surface area contributed by atoms with Gasteiger partial charge in [0.25, 0.3) is 5.91 Å². The highest BCUT2D eigenvalue weighted by Crippen LogP contribution is 2.19. The average molecular weight is 277 g/mol. The fraction of sp³-hybridized carbons (Fsp3) is 0.250. The molecule has 0 aliphatic carbocycles. The van der Waals surface area contributed by atoms with E-state index in [1.54, 1.807) is 10.9 Å². The van der Waals surface area contributed by atoms with Crippen LogP contribution < -0.4 is 10.6 Å². The molecule has 3 rings (SSSR count). The van der Waals surface area contributed by atoms with Gasteiger partial charge in [-0.2, -0.15) is 0 Å². The van der Waals surface area contributed by atoms with Crippen LogP contribution in [0.2, 0.25) is 0 Å². The van der Waals surface area contributed by atoms with Crippen LogP contribution in [0.25, 0.3) is 0 Å². The third kappa shape index (κ3) is 2.32. The number of rotatable bonds is 3. The lowest BCUT2D eigenvalue weighted by Gasteiger charge is -2.26. The van der Waals surface area contributed by atoms with E-state index in [1.807, 2.05) is 0 Å². The van der Waals surface area contributed by atoms with Crippen LogP contribution in [0.15, 0.2) is 24.4 Å². The van der Waals surface area contributed by atoms with Gasteiger partial charge in [0.1, 0.15) is 0 Å². The van der Waals surface area contributed by atoms with Crippen LogP contribution in [0.5, 0.6) is 5.75 Å². The van der Waals surface area contributed by atoms with Gasteiger partial charge in [-0.05, 0) is 12.1 Å². The molecule has 0 bridgehead atoms. The Morgan fingerprint density at radius 2 is 2.30 bits per heavy atom. The number of phenols is 1. The van der Waals surface area contributed by atoms with Crippen LogP contribution >= 0.6 is 0 Å². The van der Waals surface area contributed by atoms with E-state index >= 15 is 0 Å². The Morgan fingerprint density at radius 1 is 1.50 bits per heavy atom. The Bertz CT molecular complexity index is 653. The maximum atomic E-state index is 13.2. The van der Waals surface area contributed by atoms with Gasteiger partial charge in [0.15, 0.2) is 17.3 Å². The van der Waals surface area contributed by atoms with Gasteiger partial charge in [0.05, 0.1) is 12.2 Å². The van der Waals surface area contributed by atoms with Gasteiger partial charge in [-0.3, -0.25) is 4.79 Å². The zero-order valence-electron chi connectivity index (χ0n) is 10.4. The maximum absolute atomic E-state index is 13.2. The lowest BCUT2D eigenvalue weighted by atomic mass is 10.2. The van der Waals surface area contributed by atoms with Crippen molar-refractivity contribution in [3.8, 4) is 5.75 Å². The molecule has 0 saturated carbocycles. The van der Waals surface area contributed by atoms with Crippen molar-refractivity contribution in [2.45, 2.75) is 6.04 Å². The molecule has 0 spiro atoms. The predicted octanol–water partition coefficient (Wildman–Crippen LogP) is 0.519. The summed E-state index contributed by atoms with van der Waals surface area (Å²) in [6.07, 6.45) is 1.55. The summed E-state index contributed by atoms with van der Waals surface area (Å²) in [4.78, 5) is 11.9. The number of halogens is 1. The molecule has 0 atom stereocenters. The van der Waals surface area contributed by atoms with Crippen molar-refractivity contribution in [2.75, 3.05) is 18.4 Å². The molecule has 1 amide bonds. The first-order chi connectivity index (χ1) is 9.63.